The number of benzene rings is 8. The molecule has 9 rings (SSSR count). The van der Waals surface area contributed by atoms with Crippen molar-refractivity contribution >= 4 is 59.7 Å². The molecular formula is C90H94O26. The first-order valence-corrected chi connectivity index (χ1v) is 38.0. The van der Waals surface area contributed by atoms with Crippen LogP contribution in [0.3, 0.4) is 0 Å². The Kier molecular flexibility index (Phi) is 35.1. The first-order valence-electron chi connectivity index (χ1n) is 38.0. The van der Waals surface area contributed by atoms with Gasteiger partial charge in [-0.15, -0.1) is 6.58 Å². The van der Waals surface area contributed by atoms with Gasteiger partial charge in [0.05, 0.1) is 64.3 Å². The highest BCUT2D eigenvalue weighted by Gasteiger charge is 2.55. The molecule has 0 spiro atoms. The van der Waals surface area contributed by atoms with Gasteiger partial charge in [0.25, 0.3) is 0 Å². The minimum atomic E-state index is -2.69. The Morgan fingerprint density at radius 2 is 0.759 bits per heavy atom. The van der Waals surface area contributed by atoms with E-state index >= 15 is 0 Å². The van der Waals surface area contributed by atoms with Gasteiger partial charge in [-0.25, -0.2) is 38.4 Å². The second-order valence-electron chi connectivity index (χ2n) is 26.9. The summed E-state index contributed by atoms with van der Waals surface area (Å²) in [5.41, 5.74) is -0.0140. The van der Waals surface area contributed by atoms with Crippen LogP contribution in [-0.4, -0.2) is 178 Å². The van der Waals surface area contributed by atoms with Crippen LogP contribution in [-0.2, 0) is 80.6 Å². The number of allylic oxidation sites excluding steroid dienone is 1. The molecule has 1 aliphatic rings. The number of hydrogen-bond donors (Lipinski definition) is 1. The molecule has 8 aromatic rings. The van der Waals surface area contributed by atoms with Crippen LogP contribution >= 0.6 is 0 Å². The average molecular weight is 1590 g/mol. The van der Waals surface area contributed by atoms with Crippen molar-refractivity contribution in [3.63, 3.8) is 0 Å². The highest BCUT2D eigenvalue weighted by atomic mass is 16.8. The number of carbonyl (C=O) groups is 10. The number of esters is 10. The van der Waals surface area contributed by atoms with E-state index in [0.29, 0.717) is 12.8 Å². The maximum atomic E-state index is 14.9. The zero-order valence-corrected chi connectivity index (χ0v) is 64.6. The van der Waals surface area contributed by atoms with Gasteiger partial charge in [-0.05, 0) is 116 Å². The highest BCUT2D eigenvalue weighted by molar-refractivity contribution is 5.93. The number of aliphatic hydroxyl groups is 1. The molecule has 1 aliphatic heterocycles. The third-order valence-electron chi connectivity index (χ3n) is 18.3. The standard InChI is InChI=1S/C90H94O26/c1-6-7-8-9-10-11-12-37-55-104-90-79(108-61(4)92)76(114-88(101)77(115-86(99)68-50-33-19-34-51-68)73(112-84(97)66-46-29-17-30-47-66)70(109-82(95)64-42-25-15-26-43-64)54-56-103-80(93)62-38-21-13-22-39-62)74(107-60(3)91)71(110-90)58-106-89(102-5)78(116-87(100)69-52-35-20-36-53-69)75(113-85(98)67-48-31-18-32-49-67)72(111-83(96)65-44-27-16-28-45-65)59(2)57-105-81(94)63-40-23-14-24-41-63/h6,13-36,38-53,59,70-79,88-90,101H,1,7-12,37,54-58H2,2-5H3. The number of hydrogen-bond acceptors (Lipinski definition) is 26. The second-order valence-corrected chi connectivity index (χ2v) is 26.9. The van der Waals surface area contributed by atoms with Gasteiger partial charge in [-0.2, -0.15) is 0 Å². The summed E-state index contributed by atoms with van der Waals surface area (Å²) < 4.78 is 94.7. The maximum absolute atomic E-state index is 14.9. The Hall–Kier alpha value is -12.0. The molecule has 0 saturated carbocycles. The van der Waals surface area contributed by atoms with Crippen LogP contribution in [0.2, 0.25) is 0 Å². The SMILES string of the molecule is C=CCCCCCCCCOC1OC(COC(OC)C(OC(=O)c2ccccc2)C(OC(=O)c2ccccc2)C(OC(=O)c2ccccc2)C(C)COC(=O)c2ccccc2)C(OC(C)=O)C(OC(O)C(OC(=O)c2ccccc2)C(OC(=O)c2ccccc2)C(CCOC(=O)c2ccccc2)OC(=O)c2ccccc2)C1OC(C)=O. The number of aliphatic hydroxyl groups excluding tert-OH is 1. The van der Waals surface area contributed by atoms with Crippen molar-refractivity contribution in [1.82, 2.24) is 0 Å². The fraction of sp³-hybridized carbons (Fsp3) is 0.333. The molecule has 26 nitrogen and oxygen atoms in total. The van der Waals surface area contributed by atoms with Crippen molar-refractivity contribution in [1.29, 1.82) is 0 Å². The smallest absolute Gasteiger partial charge is 0.338 e. The lowest BCUT2D eigenvalue weighted by Gasteiger charge is -2.46. The molecule has 610 valence electrons. The molecule has 8 aromatic carbocycles. The largest absolute Gasteiger partial charge is 0.462 e. The van der Waals surface area contributed by atoms with E-state index in [1.807, 2.05) is 6.08 Å². The first-order chi connectivity index (χ1) is 56.3. The fourth-order valence-electron chi connectivity index (χ4n) is 12.5. The van der Waals surface area contributed by atoms with Gasteiger partial charge in [-0.3, -0.25) is 9.59 Å². The van der Waals surface area contributed by atoms with Gasteiger partial charge in [0.15, 0.2) is 55.5 Å². The second kappa shape index (κ2) is 46.4. The van der Waals surface area contributed by atoms with E-state index in [0.717, 1.165) is 53.1 Å². The van der Waals surface area contributed by atoms with E-state index in [2.05, 4.69) is 6.58 Å². The summed E-state index contributed by atoms with van der Waals surface area (Å²) in [6.45, 7) is 5.26. The van der Waals surface area contributed by atoms with E-state index in [9.17, 15) is 53.1 Å². The van der Waals surface area contributed by atoms with Crippen LogP contribution in [0.25, 0.3) is 0 Å². The van der Waals surface area contributed by atoms with Gasteiger partial charge >= 0.3 is 59.7 Å². The number of methoxy groups -OCH3 is 1. The molecule has 0 aromatic heterocycles. The Morgan fingerprint density at radius 1 is 0.405 bits per heavy atom. The van der Waals surface area contributed by atoms with E-state index in [4.69, 9.17) is 71.1 Å². The molecule has 14 atom stereocenters. The summed E-state index contributed by atoms with van der Waals surface area (Å²) in [4.78, 5) is 144. The van der Waals surface area contributed by atoms with Crippen molar-refractivity contribution in [2.24, 2.45) is 5.92 Å². The summed E-state index contributed by atoms with van der Waals surface area (Å²) in [6, 6.07) is 61.2. The number of unbranched alkanes of at least 4 members (excludes halogenated alkanes) is 6. The van der Waals surface area contributed by atoms with Gasteiger partial charge in [0.1, 0.15) is 24.4 Å². The van der Waals surface area contributed by atoms with Crippen molar-refractivity contribution in [3.8, 4) is 0 Å². The minimum Gasteiger partial charge on any atom is -0.462 e. The summed E-state index contributed by atoms with van der Waals surface area (Å²) in [6.07, 6.45) is -19.9. The lowest BCUT2D eigenvalue weighted by molar-refractivity contribution is -0.341. The quantitative estimate of drug-likeness (QED) is 0.0122. The predicted octanol–water partition coefficient (Wildman–Crippen LogP) is 13.3. The number of carbonyl (C=O) groups excluding carboxylic acids is 10. The van der Waals surface area contributed by atoms with E-state index in [1.165, 1.54) is 128 Å². The zero-order valence-electron chi connectivity index (χ0n) is 64.6. The number of ether oxygens (including phenoxy) is 15. The van der Waals surface area contributed by atoms with Crippen molar-refractivity contribution in [2.45, 2.75) is 152 Å². The van der Waals surface area contributed by atoms with Crippen molar-refractivity contribution in [3.05, 3.63) is 300 Å². The Labute approximate surface area is 672 Å². The van der Waals surface area contributed by atoms with Crippen LogP contribution in [0, 0.1) is 5.92 Å². The fourth-order valence-corrected chi connectivity index (χ4v) is 12.5. The highest BCUT2D eigenvalue weighted by Crippen LogP contribution is 2.35. The Morgan fingerprint density at radius 3 is 1.17 bits per heavy atom. The molecule has 26 heteroatoms. The summed E-state index contributed by atoms with van der Waals surface area (Å²) in [5, 5.41) is 13.4. The Bertz CT molecular complexity index is 4410. The molecule has 1 fully saturated rings. The van der Waals surface area contributed by atoms with Gasteiger partial charge in [0, 0.05) is 39.9 Å². The number of rotatable bonds is 44. The van der Waals surface area contributed by atoms with E-state index in [-0.39, 0.29) is 51.1 Å². The van der Waals surface area contributed by atoms with Crippen LogP contribution in [0.4, 0.5) is 0 Å². The van der Waals surface area contributed by atoms with Gasteiger partial charge in [-0.1, -0.05) is 184 Å². The van der Waals surface area contributed by atoms with Crippen molar-refractivity contribution < 1.29 is 124 Å². The molecular weight excluding hydrogens is 1500 g/mol. The lowest BCUT2D eigenvalue weighted by atomic mass is 9.95. The third-order valence-corrected chi connectivity index (χ3v) is 18.3. The molecule has 0 radical (unpaired) electrons. The van der Waals surface area contributed by atoms with Crippen LogP contribution < -0.4 is 0 Å². The Balaban J connectivity index is 1.18. The third kappa shape index (κ3) is 26.8. The van der Waals surface area contributed by atoms with Crippen LogP contribution in [0.1, 0.15) is 155 Å². The molecule has 14 unspecified atom stereocenters. The van der Waals surface area contributed by atoms with Crippen LogP contribution in [0.5, 0.6) is 0 Å². The van der Waals surface area contributed by atoms with Crippen molar-refractivity contribution in [2.75, 3.05) is 33.5 Å². The molecule has 0 amide bonds. The molecule has 1 saturated heterocycles. The first kappa shape index (κ1) is 87.9. The van der Waals surface area contributed by atoms with Crippen LogP contribution in [0.15, 0.2) is 255 Å². The summed E-state index contributed by atoms with van der Waals surface area (Å²) in [5.74, 6) is -11.3. The molecule has 1 heterocycles. The summed E-state index contributed by atoms with van der Waals surface area (Å²) in [7, 11) is 1.13. The zero-order chi connectivity index (χ0) is 82.6. The normalized spacial score (nSPS) is 17.3. The topological polar surface area (TPSA) is 329 Å². The van der Waals surface area contributed by atoms with E-state index < -0.39 is 172 Å². The summed E-state index contributed by atoms with van der Waals surface area (Å²) >= 11 is 0. The van der Waals surface area contributed by atoms with E-state index in [1.54, 1.807) is 121 Å². The van der Waals surface area contributed by atoms with Gasteiger partial charge < -0.3 is 76.2 Å². The minimum absolute atomic E-state index is 0.0185. The predicted molar refractivity (Wildman–Crippen MR) is 417 cm³/mol. The average Bonchev–Trinajstić information content (AvgIpc) is 0.776. The molecule has 0 bridgehead atoms. The molecule has 116 heavy (non-hydrogen) atoms. The molecule has 1 N–H and O–H groups in total. The monoisotopic (exact) mass is 1590 g/mol. The molecule has 0 aliphatic carbocycles. The lowest BCUT2D eigenvalue weighted by Crippen LogP contribution is -2.64. The maximum Gasteiger partial charge on any atom is 0.338 e. The van der Waals surface area contributed by atoms with Gasteiger partial charge in [0.2, 0.25) is 0 Å².